The monoisotopic (exact) mass is 265 g/mol. The minimum Gasteiger partial charge on any atom is -0.361 e. The zero-order chi connectivity index (χ0) is 13.2. The van der Waals surface area contributed by atoms with Crippen LogP contribution in [0.2, 0.25) is 0 Å². The molecule has 1 aliphatic rings. The number of alkyl halides is 2. The fraction of sp³-hybridized carbons (Fsp3) is 0.429. The molecule has 2 N–H and O–H groups in total. The molecule has 102 valence electrons. The highest BCUT2D eigenvalue weighted by Gasteiger charge is 2.30. The lowest BCUT2D eigenvalue weighted by atomic mass is 10.0. The second-order valence-corrected chi connectivity index (χ2v) is 4.89. The first kappa shape index (κ1) is 12.6. The van der Waals surface area contributed by atoms with Crippen LogP contribution in [0.15, 0.2) is 30.5 Å². The summed E-state index contributed by atoms with van der Waals surface area (Å²) in [5, 5.41) is 4.18. The van der Waals surface area contributed by atoms with Crippen molar-refractivity contribution in [2.45, 2.75) is 12.5 Å². The van der Waals surface area contributed by atoms with Gasteiger partial charge in [0.05, 0.1) is 6.04 Å². The van der Waals surface area contributed by atoms with Crippen LogP contribution >= 0.6 is 0 Å². The van der Waals surface area contributed by atoms with Crippen LogP contribution in [-0.2, 0) is 0 Å². The molecule has 5 heteroatoms. The van der Waals surface area contributed by atoms with Crippen molar-refractivity contribution in [1.29, 1.82) is 0 Å². The van der Waals surface area contributed by atoms with Crippen LogP contribution in [0.3, 0.4) is 0 Å². The summed E-state index contributed by atoms with van der Waals surface area (Å²) in [6, 6.07) is 6.66. The van der Waals surface area contributed by atoms with Gasteiger partial charge in [-0.2, -0.15) is 0 Å². The van der Waals surface area contributed by atoms with Crippen molar-refractivity contribution in [2.24, 2.45) is 0 Å². The molecule has 1 aliphatic heterocycles. The topological polar surface area (TPSA) is 31.1 Å². The highest BCUT2D eigenvalue weighted by atomic mass is 19.3. The van der Waals surface area contributed by atoms with E-state index in [1.54, 1.807) is 6.07 Å². The van der Waals surface area contributed by atoms with Crippen molar-refractivity contribution in [1.82, 2.24) is 15.2 Å². The summed E-state index contributed by atoms with van der Waals surface area (Å²) in [4.78, 5) is 4.95. The number of nitrogens with one attached hydrogen (secondary N) is 2. The maximum absolute atomic E-state index is 13.4. The largest absolute Gasteiger partial charge is 0.361 e. The third-order valence-corrected chi connectivity index (χ3v) is 3.70. The molecule has 1 fully saturated rings. The van der Waals surface area contributed by atoms with Crippen LogP contribution in [0, 0.1) is 0 Å². The second kappa shape index (κ2) is 5.27. The number of halogens is 2. The standard InChI is InChI=1S/C14H17F2N3/c15-14(16)13(19-7-5-17-6-8-19)11-1-2-12-10(9-11)3-4-18-12/h1-4,9,13-14,17-18H,5-8H2/t13-/m1/s1. The Kier molecular flexibility index (Phi) is 3.48. The van der Waals surface area contributed by atoms with E-state index in [-0.39, 0.29) is 0 Å². The molecule has 0 spiro atoms. The van der Waals surface area contributed by atoms with E-state index in [0.29, 0.717) is 18.7 Å². The number of aromatic nitrogens is 1. The fourth-order valence-electron chi connectivity index (χ4n) is 2.73. The molecule has 0 amide bonds. The predicted octanol–water partition coefficient (Wildman–Crippen LogP) is 2.38. The third-order valence-electron chi connectivity index (χ3n) is 3.70. The Balaban J connectivity index is 1.93. The molecular formula is C14H17F2N3. The van der Waals surface area contributed by atoms with Gasteiger partial charge in [0.2, 0.25) is 0 Å². The maximum atomic E-state index is 13.4. The third kappa shape index (κ3) is 2.48. The van der Waals surface area contributed by atoms with Gasteiger partial charge in [-0.3, -0.25) is 4.90 Å². The molecule has 0 unspecified atom stereocenters. The van der Waals surface area contributed by atoms with Gasteiger partial charge >= 0.3 is 0 Å². The Labute approximate surface area is 110 Å². The number of aromatic amines is 1. The molecule has 1 aromatic carbocycles. The van der Waals surface area contributed by atoms with Gasteiger partial charge in [-0.1, -0.05) is 6.07 Å². The summed E-state index contributed by atoms with van der Waals surface area (Å²) in [7, 11) is 0. The van der Waals surface area contributed by atoms with E-state index in [1.807, 2.05) is 29.3 Å². The zero-order valence-corrected chi connectivity index (χ0v) is 10.6. The summed E-state index contributed by atoms with van der Waals surface area (Å²) >= 11 is 0. The number of fused-ring (bicyclic) bond motifs is 1. The SMILES string of the molecule is FC(F)[C@@H](c1ccc2[nH]ccc2c1)N1CCNCC1. The van der Waals surface area contributed by atoms with Crippen LogP contribution in [0.1, 0.15) is 11.6 Å². The number of nitrogens with zero attached hydrogens (tertiary/aromatic N) is 1. The van der Waals surface area contributed by atoms with Gasteiger partial charge in [-0.05, 0) is 29.1 Å². The van der Waals surface area contributed by atoms with E-state index in [4.69, 9.17) is 0 Å². The van der Waals surface area contributed by atoms with Gasteiger partial charge in [0, 0.05) is 37.9 Å². The van der Waals surface area contributed by atoms with Crippen molar-refractivity contribution in [2.75, 3.05) is 26.2 Å². The van der Waals surface area contributed by atoms with E-state index in [2.05, 4.69) is 10.3 Å². The minimum absolute atomic E-state index is 0.667. The Morgan fingerprint density at radius 2 is 1.89 bits per heavy atom. The van der Waals surface area contributed by atoms with Crippen molar-refractivity contribution in [3.05, 3.63) is 36.0 Å². The lowest BCUT2D eigenvalue weighted by Gasteiger charge is -2.34. The van der Waals surface area contributed by atoms with Gasteiger partial charge in [0.15, 0.2) is 0 Å². The van der Waals surface area contributed by atoms with Crippen LogP contribution in [0.4, 0.5) is 8.78 Å². The number of rotatable bonds is 3. The number of piperazine rings is 1. The van der Waals surface area contributed by atoms with Crippen LogP contribution in [0.5, 0.6) is 0 Å². The average molecular weight is 265 g/mol. The number of H-pyrrole nitrogens is 1. The first-order valence-electron chi connectivity index (χ1n) is 6.55. The van der Waals surface area contributed by atoms with Gasteiger partial charge in [-0.15, -0.1) is 0 Å². The summed E-state index contributed by atoms with van der Waals surface area (Å²) in [6.45, 7) is 2.88. The molecule has 3 rings (SSSR count). The molecule has 0 radical (unpaired) electrons. The van der Waals surface area contributed by atoms with Crippen molar-refractivity contribution in [3.8, 4) is 0 Å². The second-order valence-electron chi connectivity index (χ2n) is 4.89. The number of hydrogen-bond donors (Lipinski definition) is 2. The van der Waals surface area contributed by atoms with Gasteiger partial charge < -0.3 is 10.3 Å². The van der Waals surface area contributed by atoms with Crippen molar-refractivity contribution < 1.29 is 8.78 Å². The maximum Gasteiger partial charge on any atom is 0.258 e. The Bertz CT molecular complexity index is 546. The predicted molar refractivity (Wildman–Crippen MR) is 71.5 cm³/mol. The van der Waals surface area contributed by atoms with E-state index in [0.717, 1.165) is 24.0 Å². The van der Waals surface area contributed by atoms with E-state index in [9.17, 15) is 8.78 Å². The van der Waals surface area contributed by atoms with E-state index >= 15 is 0 Å². The molecular weight excluding hydrogens is 248 g/mol. The fourth-order valence-corrected chi connectivity index (χ4v) is 2.73. The highest BCUT2D eigenvalue weighted by Crippen LogP contribution is 2.29. The smallest absolute Gasteiger partial charge is 0.258 e. The summed E-state index contributed by atoms with van der Waals surface area (Å²) in [5.74, 6) is 0. The van der Waals surface area contributed by atoms with E-state index < -0.39 is 12.5 Å². The average Bonchev–Trinajstić information content (AvgIpc) is 2.87. The van der Waals surface area contributed by atoms with Gasteiger partial charge in [0.1, 0.15) is 0 Å². The Morgan fingerprint density at radius 3 is 2.63 bits per heavy atom. The molecule has 0 bridgehead atoms. The lowest BCUT2D eigenvalue weighted by molar-refractivity contribution is 0.0182. The molecule has 1 atom stereocenters. The lowest BCUT2D eigenvalue weighted by Crippen LogP contribution is -2.46. The highest BCUT2D eigenvalue weighted by molar-refractivity contribution is 5.80. The summed E-state index contributed by atoms with van der Waals surface area (Å²) in [6.07, 6.45) is -0.536. The van der Waals surface area contributed by atoms with Crippen molar-refractivity contribution >= 4 is 10.9 Å². The van der Waals surface area contributed by atoms with Crippen molar-refractivity contribution in [3.63, 3.8) is 0 Å². The molecule has 0 saturated carbocycles. The molecule has 0 aliphatic carbocycles. The Hall–Kier alpha value is -1.46. The van der Waals surface area contributed by atoms with E-state index in [1.165, 1.54) is 0 Å². The molecule has 2 aromatic rings. The minimum atomic E-state index is -2.37. The van der Waals surface area contributed by atoms with Gasteiger partial charge in [0.25, 0.3) is 6.43 Å². The van der Waals surface area contributed by atoms with Crippen LogP contribution < -0.4 is 5.32 Å². The van der Waals surface area contributed by atoms with Crippen LogP contribution in [0.25, 0.3) is 10.9 Å². The molecule has 2 heterocycles. The van der Waals surface area contributed by atoms with Crippen LogP contribution in [-0.4, -0.2) is 42.5 Å². The molecule has 1 saturated heterocycles. The van der Waals surface area contributed by atoms with Gasteiger partial charge in [-0.25, -0.2) is 8.78 Å². The quantitative estimate of drug-likeness (QED) is 0.892. The summed E-state index contributed by atoms with van der Waals surface area (Å²) in [5.41, 5.74) is 1.68. The number of hydrogen-bond acceptors (Lipinski definition) is 2. The Morgan fingerprint density at radius 1 is 1.11 bits per heavy atom. The normalized spacial score (nSPS) is 19.1. The zero-order valence-electron chi connectivity index (χ0n) is 10.6. The molecule has 19 heavy (non-hydrogen) atoms. The first-order valence-corrected chi connectivity index (χ1v) is 6.55. The molecule has 1 aromatic heterocycles. The first-order chi connectivity index (χ1) is 9.25. The number of benzene rings is 1. The molecule has 3 nitrogen and oxygen atoms in total. The summed E-state index contributed by atoms with van der Waals surface area (Å²) < 4.78 is 26.9.